The van der Waals surface area contributed by atoms with Gasteiger partial charge in [-0.25, -0.2) is 14.1 Å². The first-order chi connectivity index (χ1) is 14.5. The van der Waals surface area contributed by atoms with Gasteiger partial charge < -0.3 is 10.1 Å². The van der Waals surface area contributed by atoms with E-state index in [1.165, 1.54) is 36.6 Å². The van der Waals surface area contributed by atoms with Crippen LogP contribution in [-0.2, 0) is 11.3 Å². The third kappa shape index (κ3) is 4.03. The van der Waals surface area contributed by atoms with E-state index in [1.807, 2.05) is 0 Å². The van der Waals surface area contributed by atoms with Crippen molar-refractivity contribution in [3.8, 4) is 17.0 Å². The van der Waals surface area contributed by atoms with Crippen LogP contribution in [0, 0.1) is 5.82 Å². The Balaban J connectivity index is 1.44. The molecule has 0 fully saturated rings. The van der Waals surface area contributed by atoms with Crippen LogP contribution >= 0.6 is 11.3 Å². The summed E-state index contributed by atoms with van der Waals surface area (Å²) in [5, 5.41) is 13.0. The highest BCUT2D eigenvalue weighted by atomic mass is 32.1. The molecule has 8 nitrogen and oxygen atoms in total. The number of benzene rings is 2. The Bertz CT molecular complexity index is 1290. The predicted molar refractivity (Wildman–Crippen MR) is 111 cm³/mol. The zero-order valence-corrected chi connectivity index (χ0v) is 16.6. The zero-order chi connectivity index (χ0) is 21.1. The molecule has 0 radical (unpaired) electrons. The van der Waals surface area contributed by atoms with Gasteiger partial charge in [-0.3, -0.25) is 9.59 Å². The molecular formula is C20H16FN5O3S. The Kier molecular flexibility index (Phi) is 5.48. The number of nitrogens with zero attached hydrogens (tertiary/aromatic N) is 4. The number of methoxy groups -OCH3 is 1. The first-order valence-electron chi connectivity index (χ1n) is 8.97. The smallest absolute Gasteiger partial charge is 0.277 e. The molecule has 2 aromatic carbocycles. The maximum Gasteiger partial charge on any atom is 0.277 e. The van der Waals surface area contributed by atoms with E-state index in [-0.39, 0.29) is 24.4 Å². The average Bonchev–Trinajstić information content (AvgIpc) is 3.21. The van der Waals surface area contributed by atoms with Gasteiger partial charge >= 0.3 is 0 Å². The molecule has 0 unspecified atom stereocenters. The monoisotopic (exact) mass is 425 g/mol. The van der Waals surface area contributed by atoms with Crippen LogP contribution in [0.1, 0.15) is 6.42 Å². The number of hydrogen-bond donors (Lipinski definition) is 1. The van der Waals surface area contributed by atoms with Gasteiger partial charge in [0.15, 0.2) is 5.13 Å². The van der Waals surface area contributed by atoms with Gasteiger partial charge in [-0.15, -0.1) is 16.4 Å². The Morgan fingerprint density at radius 2 is 2.10 bits per heavy atom. The van der Waals surface area contributed by atoms with Gasteiger partial charge in [0.05, 0.1) is 24.7 Å². The molecular weight excluding hydrogens is 409 g/mol. The largest absolute Gasteiger partial charge is 0.496 e. The average molecular weight is 425 g/mol. The summed E-state index contributed by atoms with van der Waals surface area (Å²) in [5.74, 6) is -0.260. The maximum atomic E-state index is 13.6. The molecule has 2 heterocycles. The summed E-state index contributed by atoms with van der Waals surface area (Å²) in [6.07, 6.45) is 0.0190. The van der Waals surface area contributed by atoms with Gasteiger partial charge in [0, 0.05) is 17.4 Å². The highest BCUT2D eigenvalue weighted by Gasteiger charge is 2.13. The molecule has 1 amide bonds. The first-order valence-corrected chi connectivity index (χ1v) is 9.85. The second kappa shape index (κ2) is 8.37. The molecule has 152 valence electrons. The number of anilines is 1. The van der Waals surface area contributed by atoms with Crippen LogP contribution in [0.15, 0.2) is 52.6 Å². The van der Waals surface area contributed by atoms with Crippen molar-refractivity contribution in [1.29, 1.82) is 0 Å². The van der Waals surface area contributed by atoms with Gasteiger partial charge in [0.2, 0.25) is 5.91 Å². The SMILES string of the molecule is COc1ccc(F)cc1-c1csc(NC(=O)CCn2nnc3ccccc3c2=O)n1. The number of rotatable bonds is 6. The number of nitrogens with one attached hydrogen (secondary N) is 1. The van der Waals surface area contributed by atoms with E-state index < -0.39 is 5.82 Å². The lowest BCUT2D eigenvalue weighted by molar-refractivity contribution is -0.116. The number of halogens is 1. The molecule has 2 aromatic heterocycles. The lowest BCUT2D eigenvalue weighted by Crippen LogP contribution is -2.26. The van der Waals surface area contributed by atoms with Gasteiger partial charge in [-0.05, 0) is 30.3 Å². The minimum absolute atomic E-state index is 0.0190. The first kappa shape index (κ1) is 19.6. The molecule has 0 saturated carbocycles. The third-order valence-electron chi connectivity index (χ3n) is 4.37. The number of carbonyl (C=O) groups excluding carboxylic acids is 1. The van der Waals surface area contributed by atoms with Gasteiger partial charge in [-0.2, -0.15) is 0 Å². The minimum Gasteiger partial charge on any atom is -0.496 e. The maximum absolute atomic E-state index is 13.6. The van der Waals surface area contributed by atoms with Crippen molar-refractivity contribution in [1.82, 2.24) is 20.0 Å². The van der Waals surface area contributed by atoms with Crippen molar-refractivity contribution in [2.45, 2.75) is 13.0 Å². The van der Waals surface area contributed by atoms with Crippen molar-refractivity contribution in [3.63, 3.8) is 0 Å². The van der Waals surface area contributed by atoms with Crippen molar-refractivity contribution in [2.75, 3.05) is 12.4 Å². The number of carbonyl (C=O) groups is 1. The standard InChI is InChI=1S/C20H16FN5O3S/c1-29-17-7-6-12(21)10-14(17)16-11-30-20(22-16)23-18(27)8-9-26-19(28)13-4-2-3-5-15(13)24-25-26/h2-7,10-11H,8-9H2,1H3,(H,22,23,27). The van der Waals surface area contributed by atoms with Crippen molar-refractivity contribution in [3.05, 3.63) is 64.0 Å². The van der Waals surface area contributed by atoms with Crippen LogP contribution in [0.4, 0.5) is 9.52 Å². The van der Waals surface area contributed by atoms with Crippen molar-refractivity contribution >= 4 is 33.3 Å². The van der Waals surface area contributed by atoms with E-state index in [0.29, 0.717) is 33.0 Å². The van der Waals surface area contributed by atoms with E-state index >= 15 is 0 Å². The number of aryl methyl sites for hydroxylation is 1. The number of thiazole rings is 1. The Labute approximate surface area is 174 Å². The molecule has 0 atom stereocenters. The second-order valence-electron chi connectivity index (χ2n) is 6.32. The molecule has 0 aliphatic rings. The van der Waals surface area contributed by atoms with E-state index in [1.54, 1.807) is 29.6 Å². The van der Waals surface area contributed by atoms with E-state index in [4.69, 9.17) is 4.74 Å². The summed E-state index contributed by atoms with van der Waals surface area (Å²) in [4.78, 5) is 29.0. The molecule has 4 aromatic rings. The van der Waals surface area contributed by atoms with E-state index in [0.717, 1.165) is 4.68 Å². The second-order valence-corrected chi connectivity index (χ2v) is 7.17. The van der Waals surface area contributed by atoms with Crippen LogP contribution in [0.2, 0.25) is 0 Å². The molecule has 30 heavy (non-hydrogen) atoms. The lowest BCUT2D eigenvalue weighted by atomic mass is 10.1. The summed E-state index contributed by atoms with van der Waals surface area (Å²) < 4.78 is 20.0. The van der Waals surface area contributed by atoms with Gasteiger partial charge in [-0.1, -0.05) is 17.3 Å². The fourth-order valence-corrected chi connectivity index (χ4v) is 3.62. The highest BCUT2D eigenvalue weighted by Crippen LogP contribution is 2.32. The summed E-state index contributed by atoms with van der Waals surface area (Å²) in [5.41, 5.74) is 1.19. The summed E-state index contributed by atoms with van der Waals surface area (Å²) in [6, 6.07) is 11.0. The lowest BCUT2D eigenvalue weighted by Gasteiger charge is -2.06. The van der Waals surface area contributed by atoms with E-state index in [2.05, 4.69) is 20.6 Å². The van der Waals surface area contributed by atoms with Gasteiger partial charge in [0.1, 0.15) is 17.1 Å². The molecule has 0 spiro atoms. The molecule has 4 rings (SSSR count). The number of ether oxygens (including phenoxy) is 1. The molecule has 0 saturated heterocycles. The Hall–Kier alpha value is -3.66. The summed E-state index contributed by atoms with van der Waals surface area (Å²) >= 11 is 1.21. The number of hydrogen-bond acceptors (Lipinski definition) is 7. The summed E-state index contributed by atoms with van der Waals surface area (Å²) in [7, 11) is 1.49. The van der Waals surface area contributed by atoms with Crippen molar-refractivity contribution < 1.29 is 13.9 Å². The Morgan fingerprint density at radius 3 is 2.93 bits per heavy atom. The fraction of sp³-hybridized carbons (Fsp3) is 0.150. The van der Waals surface area contributed by atoms with Crippen LogP contribution < -0.4 is 15.6 Å². The number of aromatic nitrogens is 4. The Morgan fingerprint density at radius 1 is 1.27 bits per heavy atom. The predicted octanol–water partition coefficient (Wildman–Crippen LogP) is 3.09. The molecule has 1 N–H and O–H groups in total. The summed E-state index contributed by atoms with van der Waals surface area (Å²) in [6.45, 7) is 0.0818. The minimum atomic E-state index is -0.411. The number of fused-ring (bicyclic) bond motifs is 1. The normalized spacial score (nSPS) is 10.9. The fourth-order valence-electron chi connectivity index (χ4n) is 2.89. The van der Waals surface area contributed by atoms with Crippen LogP contribution in [-0.4, -0.2) is 33.0 Å². The molecule has 0 bridgehead atoms. The van der Waals surface area contributed by atoms with Crippen molar-refractivity contribution in [2.24, 2.45) is 0 Å². The van der Waals surface area contributed by atoms with Crippen LogP contribution in [0.5, 0.6) is 5.75 Å². The van der Waals surface area contributed by atoms with Gasteiger partial charge in [0.25, 0.3) is 5.56 Å². The zero-order valence-electron chi connectivity index (χ0n) is 15.8. The van der Waals surface area contributed by atoms with E-state index in [9.17, 15) is 14.0 Å². The topological polar surface area (TPSA) is 99.0 Å². The van der Waals surface area contributed by atoms with Crippen LogP contribution in [0.3, 0.4) is 0 Å². The van der Waals surface area contributed by atoms with Crippen LogP contribution in [0.25, 0.3) is 22.2 Å². The number of amides is 1. The highest BCUT2D eigenvalue weighted by molar-refractivity contribution is 7.14. The third-order valence-corrected chi connectivity index (χ3v) is 5.13. The molecule has 0 aliphatic carbocycles. The molecule has 0 aliphatic heterocycles. The molecule has 10 heteroatoms. The quantitative estimate of drug-likeness (QED) is 0.510.